The van der Waals surface area contributed by atoms with Gasteiger partial charge in [0.05, 0.1) is 11.4 Å². The lowest BCUT2D eigenvalue weighted by molar-refractivity contribution is -0.122. The number of nitriles is 1. The summed E-state index contributed by atoms with van der Waals surface area (Å²) in [7, 11) is 0. The zero-order valence-electron chi connectivity index (χ0n) is 22.7. The predicted octanol–water partition coefficient (Wildman–Crippen LogP) is 5.17. The van der Waals surface area contributed by atoms with Gasteiger partial charge in [0.15, 0.2) is 0 Å². The minimum Gasteiger partial charge on any atom is -0.368 e. The van der Waals surface area contributed by atoms with Crippen LogP contribution in [0, 0.1) is 18.3 Å². The topological polar surface area (TPSA) is 72.6 Å². The minimum atomic E-state index is -0.281. The van der Waals surface area contributed by atoms with Crippen LogP contribution in [0.25, 0.3) is 6.08 Å². The van der Waals surface area contributed by atoms with Gasteiger partial charge < -0.3 is 9.80 Å². The summed E-state index contributed by atoms with van der Waals surface area (Å²) in [4.78, 5) is 33.7. The van der Waals surface area contributed by atoms with E-state index in [1.807, 2.05) is 61.5 Å². The molecule has 1 amide bonds. The molecule has 2 aliphatic heterocycles. The van der Waals surface area contributed by atoms with Crippen LogP contribution in [0.1, 0.15) is 35.6 Å². The largest absolute Gasteiger partial charge is 0.368 e. The van der Waals surface area contributed by atoms with Crippen molar-refractivity contribution in [3.05, 3.63) is 98.2 Å². The average molecular weight is 570 g/mol. The monoisotopic (exact) mass is 569 g/mol. The van der Waals surface area contributed by atoms with Crippen molar-refractivity contribution in [1.29, 1.82) is 5.26 Å². The third-order valence-corrected chi connectivity index (χ3v) is 8.70. The molecule has 5 rings (SSSR count). The maximum atomic E-state index is 13.6. The van der Waals surface area contributed by atoms with Crippen LogP contribution in [0.15, 0.2) is 70.4 Å². The second kappa shape index (κ2) is 12.1. The molecule has 2 fully saturated rings. The Balaban J connectivity index is 1.54. The van der Waals surface area contributed by atoms with Crippen molar-refractivity contribution in [2.24, 2.45) is 0 Å². The van der Waals surface area contributed by atoms with Gasteiger partial charge in [0.2, 0.25) is 0 Å². The number of anilines is 2. The molecule has 0 spiro atoms. The van der Waals surface area contributed by atoms with Crippen molar-refractivity contribution >= 4 is 51.8 Å². The molecule has 7 nitrogen and oxygen atoms in total. The average Bonchev–Trinajstić information content (AvgIpc) is 3.24. The molecule has 0 aliphatic carbocycles. The Kier molecular flexibility index (Phi) is 8.38. The van der Waals surface area contributed by atoms with Gasteiger partial charge in [0.1, 0.15) is 21.8 Å². The zero-order valence-corrected chi connectivity index (χ0v) is 24.3. The minimum absolute atomic E-state index is 0.117. The van der Waals surface area contributed by atoms with Crippen LogP contribution in [-0.4, -0.2) is 45.9 Å². The number of nitrogens with zero attached hydrogens (tertiary/aromatic N) is 5. The standard InChI is InChI=1S/C31H31N5O2S2/c1-3-14-35-28(34-17-15-33(16-18-34)24-12-8-5-9-13-24)25(22(2)26(20-32)29(35)37)19-27-30(38)36(31(39)40-27)21-23-10-6-4-7-11-23/h4-13,19H,3,14-18,21H2,1-2H3. The quantitative estimate of drug-likeness (QED) is 0.287. The van der Waals surface area contributed by atoms with Gasteiger partial charge in [0.25, 0.3) is 11.5 Å². The second-order valence-corrected chi connectivity index (χ2v) is 11.5. The number of hydrogen-bond acceptors (Lipinski definition) is 7. The number of carbonyl (C=O) groups excluding carboxylic acids is 1. The summed E-state index contributed by atoms with van der Waals surface area (Å²) < 4.78 is 2.22. The van der Waals surface area contributed by atoms with Gasteiger partial charge in [-0.1, -0.05) is 79.4 Å². The van der Waals surface area contributed by atoms with Crippen LogP contribution in [0.2, 0.25) is 0 Å². The fourth-order valence-electron chi connectivity index (χ4n) is 5.26. The first-order valence-electron chi connectivity index (χ1n) is 13.4. The van der Waals surface area contributed by atoms with Crippen LogP contribution in [0.5, 0.6) is 0 Å². The van der Waals surface area contributed by atoms with Crippen molar-refractivity contribution < 1.29 is 4.79 Å². The predicted molar refractivity (Wildman–Crippen MR) is 166 cm³/mol. The fourth-order valence-corrected chi connectivity index (χ4v) is 6.50. The molecule has 0 N–H and O–H groups in total. The summed E-state index contributed by atoms with van der Waals surface area (Å²) in [5, 5.41) is 9.93. The molecule has 1 aromatic heterocycles. The zero-order chi connectivity index (χ0) is 28.2. The molecule has 0 bridgehead atoms. The van der Waals surface area contributed by atoms with Crippen molar-refractivity contribution in [2.75, 3.05) is 36.0 Å². The Morgan fingerprint density at radius 3 is 2.23 bits per heavy atom. The molecular weight excluding hydrogens is 539 g/mol. The van der Waals surface area contributed by atoms with Gasteiger partial charge in [-0.15, -0.1) is 0 Å². The summed E-state index contributed by atoms with van der Waals surface area (Å²) in [5.41, 5.74) is 3.33. The lowest BCUT2D eigenvalue weighted by atomic mass is 10.0. The van der Waals surface area contributed by atoms with E-state index in [0.717, 1.165) is 36.5 Å². The van der Waals surface area contributed by atoms with Gasteiger partial charge in [-0.25, -0.2) is 0 Å². The lowest BCUT2D eigenvalue weighted by Crippen LogP contribution is -2.48. The number of thioether (sulfide) groups is 1. The maximum Gasteiger partial charge on any atom is 0.270 e. The van der Waals surface area contributed by atoms with Crippen LogP contribution >= 0.6 is 24.0 Å². The molecule has 3 aromatic rings. The molecule has 2 aromatic carbocycles. The smallest absolute Gasteiger partial charge is 0.270 e. The van der Waals surface area contributed by atoms with E-state index < -0.39 is 0 Å². The highest BCUT2D eigenvalue weighted by atomic mass is 32.2. The molecule has 2 aliphatic rings. The number of aromatic nitrogens is 1. The first kappa shape index (κ1) is 27.7. The van der Waals surface area contributed by atoms with E-state index in [0.29, 0.717) is 41.0 Å². The highest BCUT2D eigenvalue weighted by molar-refractivity contribution is 8.26. The molecule has 0 atom stereocenters. The van der Waals surface area contributed by atoms with E-state index >= 15 is 0 Å². The number of rotatable bonds is 7. The normalized spacial score (nSPS) is 16.6. The van der Waals surface area contributed by atoms with Crippen molar-refractivity contribution in [3.8, 4) is 6.07 Å². The summed E-state index contributed by atoms with van der Waals surface area (Å²) in [6.07, 6.45) is 2.58. The molecule has 0 radical (unpaired) electrons. The van der Waals surface area contributed by atoms with E-state index in [2.05, 4.69) is 28.0 Å². The number of thiocarbonyl (C=S) groups is 1. The van der Waals surface area contributed by atoms with Crippen molar-refractivity contribution in [2.45, 2.75) is 33.4 Å². The Morgan fingerprint density at radius 2 is 1.60 bits per heavy atom. The van der Waals surface area contributed by atoms with E-state index in [4.69, 9.17) is 12.2 Å². The van der Waals surface area contributed by atoms with Crippen molar-refractivity contribution in [3.63, 3.8) is 0 Å². The number of carbonyl (C=O) groups is 1. The number of amides is 1. The highest BCUT2D eigenvalue weighted by Crippen LogP contribution is 2.37. The van der Waals surface area contributed by atoms with E-state index in [1.165, 1.54) is 17.4 Å². The first-order valence-corrected chi connectivity index (χ1v) is 14.7. The summed E-state index contributed by atoms with van der Waals surface area (Å²) in [5.74, 6) is 0.606. The summed E-state index contributed by atoms with van der Waals surface area (Å²) in [6.45, 7) is 7.70. The molecule has 40 heavy (non-hydrogen) atoms. The van der Waals surface area contributed by atoms with Crippen LogP contribution in [0.3, 0.4) is 0 Å². The lowest BCUT2D eigenvalue weighted by Gasteiger charge is -2.39. The van der Waals surface area contributed by atoms with Gasteiger partial charge >= 0.3 is 0 Å². The number of para-hydroxylation sites is 1. The van der Waals surface area contributed by atoms with Crippen LogP contribution < -0.4 is 15.4 Å². The maximum absolute atomic E-state index is 13.6. The fraction of sp³-hybridized carbons (Fsp3) is 0.290. The number of benzene rings is 2. The van der Waals surface area contributed by atoms with Gasteiger partial charge in [0, 0.05) is 44.0 Å². The Bertz CT molecular complexity index is 1550. The Hall–Kier alpha value is -3.87. The summed E-state index contributed by atoms with van der Waals surface area (Å²) in [6, 6.07) is 22.2. The Morgan fingerprint density at radius 1 is 0.975 bits per heavy atom. The van der Waals surface area contributed by atoms with E-state index in [-0.39, 0.29) is 17.0 Å². The third-order valence-electron chi connectivity index (χ3n) is 7.33. The number of hydrogen-bond donors (Lipinski definition) is 0. The van der Waals surface area contributed by atoms with Gasteiger partial charge in [-0.3, -0.25) is 19.1 Å². The van der Waals surface area contributed by atoms with E-state index in [9.17, 15) is 14.9 Å². The van der Waals surface area contributed by atoms with E-state index in [1.54, 1.807) is 16.4 Å². The molecule has 9 heteroatoms. The number of piperazine rings is 1. The summed E-state index contributed by atoms with van der Waals surface area (Å²) >= 11 is 6.87. The van der Waals surface area contributed by atoms with Crippen LogP contribution in [-0.2, 0) is 17.9 Å². The highest BCUT2D eigenvalue weighted by Gasteiger charge is 2.33. The molecular formula is C31H31N5O2S2. The number of pyridine rings is 1. The molecule has 3 heterocycles. The van der Waals surface area contributed by atoms with Crippen molar-refractivity contribution in [1.82, 2.24) is 9.47 Å². The SMILES string of the molecule is CCCn1c(N2CCN(c3ccccc3)CC2)c(C=C2SC(=S)N(Cc3ccccc3)C2=O)c(C)c(C#N)c1=O. The first-order chi connectivity index (χ1) is 19.4. The second-order valence-electron chi connectivity index (χ2n) is 9.87. The van der Waals surface area contributed by atoms with Gasteiger partial charge in [-0.05, 0) is 42.7 Å². The Labute approximate surface area is 244 Å². The third kappa shape index (κ3) is 5.42. The molecule has 204 valence electrons. The van der Waals surface area contributed by atoms with Gasteiger partial charge in [-0.2, -0.15) is 5.26 Å². The molecule has 0 saturated carbocycles. The van der Waals surface area contributed by atoms with Crippen LogP contribution in [0.4, 0.5) is 11.5 Å². The molecule has 2 saturated heterocycles. The molecule has 0 unspecified atom stereocenters.